The second kappa shape index (κ2) is 10.5. The van der Waals surface area contributed by atoms with E-state index in [1.807, 2.05) is 35.0 Å². The summed E-state index contributed by atoms with van der Waals surface area (Å²) in [7, 11) is 0. The number of benzene rings is 2. The Morgan fingerprint density at radius 1 is 1.08 bits per heavy atom. The van der Waals surface area contributed by atoms with Gasteiger partial charge in [-0.3, -0.25) is 4.79 Å². The Balaban J connectivity index is 1.44. The van der Waals surface area contributed by atoms with Gasteiger partial charge < -0.3 is 10.1 Å². The highest BCUT2D eigenvalue weighted by atomic mass is 32.2. The molecule has 0 radical (unpaired) electrons. The van der Waals surface area contributed by atoms with Gasteiger partial charge in [0.1, 0.15) is 11.8 Å². The average Bonchev–Trinajstić information content (AvgIpc) is 3.27. The van der Waals surface area contributed by atoms with Crippen LogP contribution < -0.4 is 10.1 Å². The molecule has 5 rings (SSSR count). The molecule has 0 amide bonds. The minimum atomic E-state index is -0.299. The molecule has 1 unspecified atom stereocenters. The monoisotopic (exact) mass is 502 g/mol. The van der Waals surface area contributed by atoms with Crippen LogP contribution in [0.2, 0.25) is 0 Å². The number of nitrogens with one attached hydrogen (secondary N) is 1. The van der Waals surface area contributed by atoms with Crippen LogP contribution in [0.4, 0.5) is 5.95 Å². The van der Waals surface area contributed by atoms with Crippen LogP contribution in [0.1, 0.15) is 70.0 Å². The van der Waals surface area contributed by atoms with E-state index in [1.54, 1.807) is 11.8 Å². The smallest absolute Gasteiger partial charge is 0.227 e. The largest absolute Gasteiger partial charge is 0.494 e. The lowest BCUT2D eigenvalue weighted by molar-refractivity contribution is -0.118. The van der Waals surface area contributed by atoms with Gasteiger partial charge in [0.25, 0.3) is 0 Å². The van der Waals surface area contributed by atoms with Crippen LogP contribution in [0.3, 0.4) is 0 Å². The van der Waals surface area contributed by atoms with E-state index in [9.17, 15) is 4.79 Å². The Morgan fingerprint density at radius 2 is 1.86 bits per heavy atom. The SMILES string of the molecule is CCCCCOc1ccc(C2C3=C(CC(C)(C)CC3=O)Nc3nc(SCc4ccccc4)nn32)cc1. The van der Waals surface area contributed by atoms with E-state index < -0.39 is 0 Å². The van der Waals surface area contributed by atoms with Crippen LogP contribution in [-0.2, 0) is 10.5 Å². The first-order chi connectivity index (χ1) is 17.4. The van der Waals surface area contributed by atoms with Crippen molar-refractivity contribution in [2.75, 3.05) is 11.9 Å². The molecule has 2 aromatic carbocycles. The van der Waals surface area contributed by atoms with E-state index in [-0.39, 0.29) is 17.2 Å². The Bertz CT molecular complexity index is 1250. The summed E-state index contributed by atoms with van der Waals surface area (Å²) in [4.78, 5) is 18.3. The van der Waals surface area contributed by atoms with E-state index in [4.69, 9.17) is 14.8 Å². The molecule has 1 aliphatic heterocycles. The molecule has 36 heavy (non-hydrogen) atoms. The number of fused-ring (bicyclic) bond motifs is 1. The molecule has 0 spiro atoms. The first-order valence-electron chi connectivity index (χ1n) is 12.8. The Labute approximate surface area is 217 Å². The zero-order chi connectivity index (χ0) is 25.1. The topological polar surface area (TPSA) is 69.0 Å². The van der Waals surface area contributed by atoms with Gasteiger partial charge >= 0.3 is 0 Å². The normalized spacial score (nSPS) is 18.4. The quantitative estimate of drug-likeness (QED) is 0.256. The van der Waals surface area contributed by atoms with Crippen LogP contribution >= 0.6 is 11.8 Å². The Morgan fingerprint density at radius 3 is 2.61 bits per heavy atom. The number of Topliss-reactive ketones (excluding diaryl/α,β-unsaturated/α-hetero) is 1. The van der Waals surface area contributed by atoms with Gasteiger partial charge in [0.05, 0.1) is 6.61 Å². The van der Waals surface area contributed by atoms with Crippen molar-refractivity contribution in [3.63, 3.8) is 0 Å². The molecule has 0 fully saturated rings. The molecule has 1 N–H and O–H groups in total. The molecule has 1 atom stereocenters. The van der Waals surface area contributed by atoms with Gasteiger partial charge in [-0.2, -0.15) is 4.98 Å². The predicted octanol–water partition coefficient (Wildman–Crippen LogP) is 6.80. The lowest BCUT2D eigenvalue weighted by Gasteiger charge is -2.38. The number of carbonyl (C=O) groups excluding carboxylic acids is 1. The molecule has 2 heterocycles. The number of unbranched alkanes of at least 4 members (excludes halogenated alkanes) is 2. The summed E-state index contributed by atoms with van der Waals surface area (Å²) in [5, 5.41) is 9.03. The van der Waals surface area contributed by atoms with Crippen molar-refractivity contribution in [2.24, 2.45) is 5.41 Å². The van der Waals surface area contributed by atoms with Crippen LogP contribution in [0.15, 0.2) is 71.0 Å². The van der Waals surface area contributed by atoms with Crippen molar-refractivity contribution in [3.8, 4) is 5.75 Å². The van der Waals surface area contributed by atoms with E-state index in [0.717, 1.165) is 47.8 Å². The summed E-state index contributed by atoms with van der Waals surface area (Å²) < 4.78 is 7.81. The summed E-state index contributed by atoms with van der Waals surface area (Å²) >= 11 is 1.61. The van der Waals surface area contributed by atoms with Crippen molar-refractivity contribution in [1.82, 2.24) is 14.8 Å². The van der Waals surface area contributed by atoms with Gasteiger partial charge in [-0.05, 0) is 41.5 Å². The van der Waals surface area contributed by atoms with Gasteiger partial charge in [0.2, 0.25) is 11.1 Å². The standard InChI is InChI=1S/C29H34N4O2S/c1-4-5-9-16-35-22-14-12-21(13-15-22)26-25-23(17-29(2,3)18-24(25)34)30-27-31-28(32-33(26)27)36-19-20-10-7-6-8-11-20/h6-8,10-15,26H,4-5,9,16-19H2,1-3H3,(H,30,31,32). The van der Waals surface area contributed by atoms with E-state index >= 15 is 0 Å². The Kier molecular flexibility index (Phi) is 7.19. The summed E-state index contributed by atoms with van der Waals surface area (Å²) in [6.07, 6.45) is 4.73. The lowest BCUT2D eigenvalue weighted by atomic mass is 9.73. The minimum Gasteiger partial charge on any atom is -0.494 e. The molecule has 188 valence electrons. The highest BCUT2D eigenvalue weighted by Crippen LogP contribution is 2.45. The number of ether oxygens (including phenoxy) is 1. The van der Waals surface area contributed by atoms with Gasteiger partial charge in [-0.25, -0.2) is 4.68 Å². The van der Waals surface area contributed by atoms with E-state index in [2.05, 4.69) is 50.4 Å². The highest BCUT2D eigenvalue weighted by molar-refractivity contribution is 7.98. The fraction of sp³-hybridized carbons (Fsp3) is 0.414. The number of allylic oxidation sites excluding steroid dienone is 2. The molecule has 0 saturated carbocycles. The first kappa shape index (κ1) is 24.6. The summed E-state index contributed by atoms with van der Waals surface area (Å²) in [5.41, 5.74) is 3.94. The predicted molar refractivity (Wildman–Crippen MR) is 144 cm³/mol. The summed E-state index contributed by atoms with van der Waals surface area (Å²) in [5.74, 6) is 2.52. The van der Waals surface area contributed by atoms with Crippen LogP contribution in [0.25, 0.3) is 0 Å². The minimum absolute atomic E-state index is 0.0866. The van der Waals surface area contributed by atoms with Gasteiger partial charge in [0, 0.05) is 23.4 Å². The van der Waals surface area contributed by atoms with Crippen molar-refractivity contribution >= 4 is 23.5 Å². The number of ketones is 1. The number of hydrogen-bond acceptors (Lipinski definition) is 6. The fourth-order valence-corrected chi connectivity index (χ4v) is 5.75. The molecule has 1 aromatic heterocycles. The molecule has 7 heteroatoms. The first-order valence-corrected chi connectivity index (χ1v) is 13.8. The van der Waals surface area contributed by atoms with Crippen molar-refractivity contribution in [3.05, 3.63) is 77.0 Å². The number of hydrogen-bond donors (Lipinski definition) is 1. The molecule has 6 nitrogen and oxygen atoms in total. The summed E-state index contributed by atoms with van der Waals surface area (Å²) in [6.45, 7) is 7.21. The number of thioether (sulfide) groups is 1. The highest BCUT2D eigenvalue weighted by Gasteiger charge is 2.41. The van der Waals surface area contributed by atoms with Crippen LogP contribution in [0, 0.1) is 5.41 Å². The maximum Gasteiger partial charge on any atom is 0.227 e. The van der Waals surface area contributed by atoms with E-state index in [1.165, 1.54) is 18.4 Å². The number of nitrogens with zero attached hydrogens (tertiary/aromatic N) is 3. The zero-order valence-corrected chi connectivity index (χ0v) is 22.1. The third-order valence-corrected chi connectivity index (χ3v) is 7.64. The molecular weight excluding hydrogens is 468 g/mol. The van der Waals surface area contributed by atoms with Gasteiger partial charge in [-0.15, -0.1) is 5.10 Å². The van der Waals surface area contributed by atoms with Gasteiger partial charge in [-0.1, -0.05) is 87.8 Å². The zero-order valence-electron chi connectivity index (χ0n) is 21.3. The number of aromatic nitrogens is 3. The second-order valence-corrected chi connectivity index (χ2v) is 11.4. The van der Waals surface area contributed by atoms with Crippen LogP contribution in [0.5, 0.6) is 5.75 Å². The maximum atomic E-state index is 13.4. The third kappa shape index (κ3) is 5.36. The molecular formula is C29H34N4O2S. The summed E-state index contributed by atoms with van der Waals surface area (Å²) in [6, 6.07) is 18.2. The third-order valence-electron chi connectivity index (χ3n) is 6.74. The molecule has 0 saturated heterocycles. The van der Waals surface area contributed by atoms with E-state index in [0.29, 0.717) is 17.5 Å². The molecule has 3 aromatic rings. The number of carbonyl (C=O) groups is 1. The van der Waals surface area contributed by atoms with Crippen molar-refractivity contribution in [2.45, 2.75) is 69.8 Å². The van der Waals surface area contributed by atoms with Crippen molar-refractivity contribution in [1.29, 1.82) is 0 Å². The lowest BCUT2D eigenvalue weighted by Crippen LogP contribution is -2.36. The average molecular weight is 503 g/mol. The van der Waals surface area contributed by atoms with Crippen LogP contribution in [-0.4, -0.2) is 27.2 Å². The molecule has 2 aliphatic rings. The van der Waals surface area contributed by atoms with Gasteiger partial charge in [0.15, 0.2) is 5.78 Å². The number of anilines is 1. The number of rotatable bonds is 9. The molecule has 0 bridgehead atoms. The maximum absolute atomic E-state index is 13.4. The second-order valence-electron chi connectivity index (χ2n) is 10.4. The Hall–Kier alpha value is -3.06. The molecule has 1 aliphatic carbocycles. The van der Waals surface area contributed by atoms with Crippen molar-refractivity contribution < 1.29 is 9.53 Å². The fourth-order valence-electron chi connectivity index (χ4n) is 4.97.